The van der Waals surface area contributed by atoms with Gasteiger partial charge in [-0.05, 0) is 24.5 Å². The zero-order chi connectivity index (χ0) is 26.4. The first-order valence-electron chi connectivity index (χ1n) is 11.8. The van der Waals surface area contributed by atoms with Gasteiger partial charge in [0.05, 0.1) is 32.5 Å². The maximum absolute atomic E-state index is 13.7. The van der Waals surface area contributed by atoms with E-state index in [1.165, 1.54) is 41.3 Å². The van der Waals surface area contributed by atoms with E-state index < -0.39 is 28.7 Å². The second-order valence-corrected chi connectivity index (χ2v) is 9.81. The van der Waals surface area contributed by atoms with Crippen molar-refractivity contribution in [2.45, 2.75) is 26.0 Å². The van der Waals surface area contributed by atoms with E-state index in [2.05, 4.69) is 10.3 Å². The Balaban J connectivity index is 1.37. The van der Waals surface area contributed by atoms with Gasteiger partial charge in [-0.2, -0.15) is 0 Å². The largest absolute Gasteiger partial charge is 0.493 e. The highest BCUT2D eigenvalue weighted by atomic mass is 16.6. The zero-order valence-electron chi connectivity index (χ0n) is 20.9. The van der Waals surface area contributed by atoms with Crippen LogP contribution in [0.4, 0.5) is 0 Å². The van der Waals surface area contributed by atoms with Gasteiger partial charge in [0.2, 0.25) is 23.0 Å². The van der Waals surface area contributed by atoms with Crippen LogP contribution in [0.1, 0.15) is 30.8 Å². The number of benzene rings is 1. The fourth-order valence-corrected chi connectivity index (χ4v) is 6.14. The highest BCUT2D eigenvalue weighted by Gasteiger charge is 2.72. The number of rotatable bonds is 5. The molecule has 2 aromatic rings. The molecule has 11 nitrogen and oxygen atoms in total. The van der Waals surface area contributed by atoms with Gasteiger partial charge in [0.25, 0.3) is 5.91 Å². The molecule has 1 saturated carbocycles. The van der Waals surface area contributed by atoms with Crippen LogP contribution in [-0.4, -0.2) is 66.9 Å². The molecule has 1 saturated heterocycles. The lowest BCUT2D eigenvalue weighted by Gasteiger charge is -2.27. The number of hydrogen-bond acceptors (Lipinski definition) is 9. The van der Waals surface area contributed by atoms with Gasteiger partial charge in [-0.25, -0.2) is 0 Å². The minimum absolute atomic E-state index is 0.0228. The number of aromatic nitrogens is 1. The maximum Gasteiger partial charge on any atom is 0.305 e. The number of Topliss-reactive ketones (excluding diaryl/α,β-unsaturated/α-hetero) is 1. The van der Waals surface area contributed by atoms with Crippen LogP contribution < -0.4 is 19.5 Å². The molecule has 2 aliphatic carbocycles. The van der Waals surface area contributed by atoms with E-state index in [1.54, 1.807) is 17.0 Å². The number of carbonyl (C=O) groups is 4. The molecule has 37 heavy (non-hydrogen) atoms. The number of hydrogen-bond donors (Lipinski definition) is 2. The third-order valence-electron chi connectivity index (χ3n) is 7.73. The van der Waals surface area contributed by atoms with Crippen molar-refractivity contribution in [1.82, 2.24) is 15.2 Å². The van der Waals surface area contributed by atoms with Crippen molar-refractivity contribution in [2.75, 3.05) is 27.9 Å². The van der Waals surface area contributed by atoms with Crippen molar-refractivity contribution < 1.29 is 38.1 Å². The van der Waals surface area contributed by atoms with E-state index in [4.69, 9.17) is 18.9 Å². The number of likely N-dealkylation sites (tertiary alicyclic amines) is 1. The number of amides is 1. The maximum atomic E-state index is 13.7. The van der Waals surface area contributed by atoms with E-state index in [9.17, 15) is 19.2 Å². The molecular weight excluding hydrogens is 482 g/mol. The van der Waals surface area contributed by atoms with E-state index in [0.29, 0.717) is 52.4 Å². The average Bonchev–Trinajstić information content (AvgIpc) is 3.11. The number of nitrogens with one attached hydrogen (secondary N) is 2. The SMILES string of the molecule is COc1cc2cc(C(=O)N3C[C@H]4CC45C3=CC(=O)C3=C5C(=O)C(C)(OC(C)=O)N3)[nH]c2c(OC)c1OC. The molecule has 11 heteroatoms. The summed E-state index contributed by atoms with van der Waals surface area (Å²) in [5, 5.41) is 3.52. The molecule has 1 aromatic heterocycles. The summed E-state index contributed by atoms with van der Waals surface area (Å²) < 4.78 is 21.7. The zero-order valence-corrected chi connectivity index (χ0v) is 20.9. The number of ether oxygens (including phenoxy) is 4. The van der Waals surface area contributed by atoms with E-state index in [1.807, 2.05) is 0 Å². The number of allylic oxidation sites excluding steroid dienone is 2. The molecule has 1 aromatic carbocycles. The number of aromatic amines is 1. The van der Waals surface area contributed by atoms with E-state index in [-0.39, 0.29) is 23.2 Å². The van der Waals surface area contributed by atoms with Gasteiger partial charge in [-0.15, -0.1) is 0 Å². The summed E-state index contributed by atoms with van der Waals surface area (Å²) in [6, 6.07) is 3.43. The van der Waals surface area contributed by atoms with Gasteiger partial charge in [-0.1, -0.05) is 0 Å². The van der Waals surface area contributed by atoms with Crippen LogP contribution in [-0.2, 0) is 19.1 Å². The van der Waals surface area contributed by atoms with Gasteiger partial charge in [-0.3, -0.25) is 19.2 Å². The van der Waals surface area contributed by atoms with Crippen molar-refractivity contribution >= 4 is 34.3 Å². The second-order valence-electron chi connectivity index (χ2n) is 9.81. The Labute approximate surface area is 211 Å². The minimum Gasteiger partial charge on any atom is -0.493 e. The Morgan fingerprint density at radius 3 is 2.46 bits per heavy atom. The third-order valence-corrected chi connectivity index (χ3v) is 7.73. The van der Waals surface area contributed by atoms with Crippen LogP contribution in [0.3, 0.4) is 0 Å². The molecule has 0 radical (unpaired) electrons. The Morgan fingerprint density at radius 2 is 1.81 bits per heavy atom. The summed E-state index contributed by atoms with van der Waals surface area (Å²) >= 11 is 0. The molecular formula is C26H25N3O8. The molecule has 3 heterocycles. The summed E-state index contributed by atoms with van der Waals surface area (Å²) in [6.07, 6.45) is 2.05. The molecule has 2 aliphatic heterocycles. The first-order valence-corrected chi connectivity index (χ1v) is 11.8. The smallest absolute Gasteiger partial charge is 0.305 e. The third kappa shape index (κ3) is 2.87. The van der Waals surface area contributed by atoms with Gasteiger partial charge < -0.3 is 34.1 Å². The normalized spacial score (nSPS) is 27.3. The Kier molecular flexibility index (Phi) is 4.61. The highest BCUT2D eigenvalue weighted by molar-refractivity contribution is 6.20. The topological polar surface area (TPSA) is 136 Å². The second kappa shape index (κ2) is 7.37. The molecule has 2 fully saturated rings. The van der Waals surface area contributed by atoms with Crippen LogP contribution in [0.2, 0.25) is 0 Å². The van der Waals surface area contributed by atoms with E-state index in [0.717, 1.165) is 0 Å². The number of esters is 1. The number of nitrogens with zero attached hydrogens (tertiary/aromatic N) is 1. The standard InChI is InChI=1S/C26H25N3O8/c1-11(30)37-25(2)23(32)18-20(28-25)15(31)8-17-26(18)9-13(26)10-29(17)24(33)14-6-12-7-16(34-3)21(35-4)22(36-5)19(12)27-14/h6-8,13,27-28H,9-10H2,1-5H3/t13-,25?,26?/m1/s1. The highest BCUT2D eigenvalue weighted by Crippen LogP contribution is 2.70. The van der Waals surface area contributed by atoms with Gasteiger partial charge in [0, 0.05) is 48.5 Å². The number of ketones is 2. The molecule has 1 spiro atoms. The fourth-order valence-electron chi connectivity index (χ4n) is 6.14. The number of methoxy groups -OCH3 is 3. The van der Waals surface area contributed by atoms with E-state index >= 15 is 0 Å². The van der Waals surface area contributed by atoms with Crippen LogP contribution in [0.5, 0.6) is 17.2 Å². The van der Waals surface area contributed by atoms with Crippen molar-refractivity contribution in [3.8, 4) is 17.2 Å². The van der Waals surface area contributed by atoms with Crippen LogP contribution in [0.15, 0.2) is 35.2 Å². The fraction of sp³-hybridized carbons (Fsp3) is 0.385. The lowest BCUT2D eigenvalue weighted by molar-refractivity contribution is -0.163. The number of carbonyl (C=O) groups excluding carboxylic acids is 4. The quantitative estimate of drug-likeness (QED) is 0.581. The monoisotopic (exact) mass is 507 g/mol. The lowest BCUT2D eigenvalue weighted by atomic mass is 9.82. The molecule has 192 valence electrons. The van der Waals surface area contributed by atoms with Crippen molar-refractivity contribution in [1.29, 1.82) is 0 Å². The molecule has 3 atom stereocenters. The van der Waals surface area contributed by atoms with Gasteiger partial charge >= 0.3 is 5.97 Å². The van der Waals surface area contributed by atoms with Gasteiger partial charge in [0.15, 0.2) is 11.5 Å². The summed E-state index contributed by atoms with van der Waals surface area (Å²) in [7, 11) is 4.51. The van der Waals surface area contributed by atoms with Gasteiger partial charge in [0.1, 0.15) is 5.69 Å². The summed E-state index contributed by atoms with van der Waals surface area (Å²) in [5.74, 6) is -0.652. The minimum atomic E-state index is -1.65. The molecule has 4 aliphatic rings. The summed E-state index contributed by atoms with van der Waals surface area (Å²) in [6.45, 7) is 3.00. The van der Waals surface area contributed by atoms with Crippen LogP contribution >= 0.6 is 0 Å². The van der Waals surface area contributed by atoms with Crippen molar-refractivity contribution in [2.24, 2.45) is 11.3 Å². The predicted octanol–water partition coefficient (Wildman–Crippen LogP) is 1.83. The molecule has 0 bridgehead atoms. The Morgan fingerprint density at radius 1 is 1.08 bits per heavy atom. The lowest BCUT2D eigenvalue weighted by Crippen LogP contribution is -2.48. The molecule has 2 N–H and O–H groups in total. The number of H-pyrrole nitrogens is 1. The van der Waals surface area contributed by atoms with Crippen molar-refractivity contribution in [3.05, 3.63) is 40.9 Å². The molecule has 2 unspecified atom stereocenters. The van der Waals surface area contributed by atoms with Crippen molar-refractivity contribution in [3.63, 3.8) is 0 Å². The number of piperidine rings is 1. The Hall–Kier alpha value is -4.28. The van der Waals surface area contributed by atoms with Crippen LogP contribution in [0, 0.1) is 11.3 Å². The predicted molar refractivity (Wildman–Crippen MR) is 128 cm³/mol. The first-order chi connectivity index (χ1) is 17.6. The summed E-state index contributed by atoms with van der Waals surface area (Å²) in [5.41, 5.74) is -0.621. The molecule has 1 amide bonds. The Bertz CT molecular complexity index is 1520. The first kappa shape index (κ1) is 23.1. The average molecular weight is 507 g/mol. The number of fused-ring (bicyclic) bond motifs is 1. The van der Waals surface area contributed by atoms with Crippen LogP contribution in [0.25, 0.3) is 10.9 Å². The molecule has 6 rings (SSSR count). The summed E-state index contributed by atoms with van der Waals surface area (Å²) in [4.78, 5) is 56.6.